The van der Waals surface area contributed by atoms with Gasteiger partial charge in [0.25, 0.3) is 0 Å². The highest BCUT2D eigenvalue weighted by Crippen LogP contribution is 2.54. The van der Waals surface area contributed by atoms with Gasteiger partial charge in [0.2, 0.25) is 0 Å². The van der Waals surface area contributed by atoms with Gasteiger partial charge in [0.1, 0.15) is 11.6 Å². The predicted molar refractivity (Wildman–Crippen MR) is 75.4 cm³/mol. The van der Waals surface area contributed by atoms with E-state index in [0.717, 1.165) is 6.42 Å². The van der Waals surface area contributed by atoms with E-state index in [2.05, 4.69) is 17.4 Å². The SMILES string of the molecule is CNC(c1c(F)cccc1F)C1CC1c1ccccc1. The highest BCUT2D eigenvalue weighted by Gasteiger charge is 2.45. The third kappa shape index (κ3) is 2.34. The van der Waals surface area contributed by atoms with Gasteiger partial charge < -0.3 is 5.32 Å². The molecule has 1 N–H and O–H groups in total. The molecule has 3 atom stereocenters. The fourth-order valence-corrected chi connectivity index (χ4v) is 3.05. The first-order valence-electron chi connectivity index (χ1n) is 6.88. The Hall–Kier alpha value is -1.74. The second-order valence-corrected chi connectivity index (χ2v) is 5.32. The van der Waals surface area contributed by atoms with Crippen LogP contribution < -0.4 is 5.32 Å². The molecule has 0 aliphatic heterocycles. The molecule has 1 aliphatic carbocycles. The Morgan fingerprint density at radius 1 is 1.00 bits per heavy atom. The fourth-order valence-electron chi connectivity index (χ4n) is 3.05. The molecule has 1 aliphatic rings. The smallest absolute Gasteiger partial charge is 0.130 e. The molecule has 0 saturated heterocycles. The van der Waals surface area contributed by atoms with Crippen molar-refractivity contribution >= 4 is 0 Å². The first-order chi connectivity index (χ1) is 9.72. The maximum absolute atomic E-state index is 13.9. The third-order valence-corrected chi connectivity index (χ3v) is 4.12. The van der Waals surface area contributed by atoms with Gasteiger partial charge in [-0.2, -0.15) is 0 Å². The van der Waals surface area contributed by atoms with E-state index in [-0.39, 0.29) is 17.5 Å². The highest BCUT2D eigenvalue weighted by molar-refractivity contribution is 5.31. The Morgan fingerprint density at radius 3 is 2.25 bits per heavy atom. The van der Waals surface area contributed by atoms with Crippen LogP contribution in [0.3, 0.4) is 0 Å². The summed E-state index contributed by atoms with van der Waals surface area (Å²) in [6, 6.07) is 13.9. The molecule has 3 unspecified atom stereocenters. The Balaban J connectivity index is 1.86. The zero-order valence-electron chi connectivity index (χ0n) is 11.3. The molecule has 1 nitrogen and oxygen atoms in total. The van der Waals surface area contributed by atoms with Crippen LogP contribution in [0.4, 0.5) is 8.78 Å². The fraction of sp³-hybridized carbons (Fsp3) is 0.294. The molecule has 2 aromatic carbocycles. The van der Waals surface area contributed by atoms with Crippen molar-refractivity contribution in [1.82, 2.24) is 5.32 Å². The van der Waals surface area contributed by atoms with Crippen LogP contribution in [0.5, 0.6) is 0 Å². The largest absolute Gasteiger partial charge is 0.313 e. The lowest BCUT2D eigenvalue weighted by atomic mass is 9.98. The molecule has 3 heteroatoms. The Bertz CT molecular complexity index is 577. The van der Waals surface area contributed by atoms with Gasteiger partial charge in [-0.05, 0) is 43.0 Å². The number of halogens is 2. The quantitative estimate of drug-likeness (QED) is 0.887. The molecule has 0 heterocycles. The van der Waals surface area contributed by atoms with Crippen LogP contribution in [0.15, 0.2) is 48.5 Å². The summed E-state index contributed by atoms with van der Waals surface area (Å²) in [6.07, 6.45) is 0.962. The van der Waals surface area contributed by atoms with Crippen molar-refractivity contribution in [2.24, 2.45) is 5.92 Å². The van der Waals surface area contributed by atoms with Crippen molar-refractivity contribution in [3.05, 3.63) is 71.3 Å². The maximum Gasteiger partial charge on any atom is 0.130 e. The summed E-state index contributed by atoms with van der Waals surface area (Å²) >= 11 is 0. The molecule has 1 fully saturated rings. The number of benzene rings is 2. The predicted octanol–water partition coefficient (Wildman–Crippen LogP) is 4.03. The molecule has 2 aromatic rings. The first kappa shape index (κ1) is 13.3. The topological polar surface area (TPSA) is 12.0 Å². The Labute approximate surface area is 117 Å². The Morgan fingerprint density at radius 2 is 1.65 bits per heavy atom. The average molecular weight is 273 g/mol. The number of hydrogen-bond acceptors (Lipinski definition) is 1. The number of rotatable bonds is 4. The van der Waals surface area contributed by atoms with Crippen LogP contribution in [-0.4, -0.2) is 7.05 Å². The van der Waals surface area contributed by atoms with Crippen LogP contribution in [-0.2, 0) is 0 Å². The minimum absolute atomic E-state index is 0.165. The van der Waals surface area contributed by atoms with Crippen molar-refractivity contribution in [1.29, 1.82) is 0 Å². The van der Waals surface area contributed by atoms with Crippen LogP contribution in [0.2, 0.25) is 0 Å². The maximum atomic E-state index is 13.9. The van der Waals surface area contributed by atoms with Gasteiger partial charge in [0.05, 0.1) is 0 Å². The second kappa shape index (κ2) is 5.33. The molecule has 0 bridgehead atoms. The molecular weight excluding hydrogens is 256 g/mol. The lowest BCUT2D eigenvalue weighted by molar-refractivity contribution is 0.452. The van der Waals surface area contributed by atoms with Gasteiger partial charge in [-0.1, -0.05) is 36.4 Å². The molecule has 0 amide bonds. The highest BCUT2D eigenvalue weighted by atomic mass is 19.1. The summed E-state index contributed by atoms with van der Waals surface area (Å²) in [7, 11) is 1.76. The third-order valence-electron chi connectivity index (χ3n) is 4.12. The lowest BCUT2D eigenvalue weighted by Crippen LogP contribution is -2.21. The van der Waals surface area contributed by atoms with Crippen LogP contribution in [0.25, 0.3) is 0 Å². The van der Waals surface area contributed by atoms with Gasteiger partial charge in [0.15, 0.2) is 0 Å². The second-order valence-electron chi connectivity index (χ2n) is 5.32. The molecule has 0 radical (unpaired) electrons. The molecule has 1 saturated carbocycles. The summed E-state index contributed by atoms with van der Waals surface area (Å²) in [4.78, 5) is 0. The van der Waals surface area contributed by atoms with Gasteiger partial charge in [-0.15, -0.1) is 0 Å². The standard InChI is InChI=1S/C17H17F2N/c1-20-17(16-14(18)8-5-9-15(16)19)13-10-12(13)11-6-3-2-4-7-11/h2-9,12-13,17,20H,10H2,1H3. The minimum atomic E-state index is -0.469. The zero-order valence-corrected chi connectivity index (χ0v) is 11.3. The molecule has 104 valence electrons. The van der Waals surface area contributed by atoms with E-state index in [0.29, 0.717) is 5.92 Å². The van der Waals surface area contributed by atoms with Crippen LogP contribution in [0, 0.1) is 17.6 Å². The summed E-state index contributed by atoms with van der Waals surface area (Å²) < 4.78 is 27.9. The Kier molecular flexibility index (Phi) is 3.53. The summed E-state index contributed by atoms with van der Waals surface area (Å²) in [5.41, 5.74) is 1.41. The van der Waals surface area contributed by atoms with Crippen molar-refractivity contribution in [2.75, 3.05) is 7.05 Å². The van der Waals surface area contributed by atoms with Crippen molar-refractivity contribution in [3.8, 4) is 0 Å². The number of hydrogen-bond donors (Lipinski definition) is 1. The molecule has 0 spiro atoms. The van der Waals surface area contributed by atoms with E-state index < -0.39 is 11.6 Å². The summed E-state index contributed by atoms with van der Waals surface area (Å²) in [5.74, 6) is -0.312. The van der Waals surface area contributed by atoms with Gasteiger partial charge in [-0.3, -0.25) is 0 Å². The lowest BCUT2D eigenvalue weighted by Gasteiger charge is -2.18. The average Bonchev–Trinajstić information content (AvgIpc) is 3.24. The van der Waals surface area contributed by atoms with Crippen molar-refractivity contribution in [2.45, 2.75) is 18.4 Å². The first-order valence-corrected chi connectivity index (χ1v) is 6.88. The van der Waals surface area contributed by atoms with E-state index in [4.69, 9.17) is 0 Å². The van der Waals surface area contributed by atoms with E-state index >= 15 is 0 Å². The van der Waals surface area contributed by atoms with E-state index in [9.17, 15) is 8.78 Å². The molecule has 0 aromatic heterocycles. The van der Waals surface area contributed by atoms with E-state index in [1.165, 1.54) is 23.8 Å². The van der Waals surface area contributed by atoms with E-state index in [1.807, 2.05) is 18.2 Å². The summed E-state index contributed by atoms with van der Waals surface area (Å²) in [6.45, 7) is 0. The normalized spacial score (nSPS) is 22.6. The molecular formula is C17H17F2N. The number of nitrogens with one attached hydrogen (secondary N) is 1. The van der Waals surface area contributed by atoms with Gasteiger partial charge >= 0.3 is 0 Å². The van der Waals surface area contributed by atoms with Crippen molar-refractivity contribution < 1.29 is 8.78 Å². The van der Waals surface area contributed by atoms with Gasteiger partial charge in [-0.25, -0.2) is 8.78 Å². The zero-order chi connectivity index (χ0) is 14.1. The summed E-state index contributed by atoms with van der Waals surface area (Å²) in [5, 5.41) is 3.08. The van der Waals surface area contributed by atoms with Crippen molar-refractivity contribution in [3.63, 3.8) is 0 Å². The van der Waals surface area contributed by atoms with Crippen LogP contribution in [0.1, 0.15) is 29.5 Å². The minimum Gasteiger partial charge on any atom is -0.313 e. The van der Waals surface area contributed by atoms with E-state index in [1.54, 1.807) is 7.05 Å². The molecule has 3 rings (SSSR count). The monoisotopic (exact) mass is 273 g/mol. The van der Waals surface area contributed by atoms with Crippen LogP contribution >= 0.6 is 0 Å². The molecule has 20 heavy (non-hydrogen) atoms. The van der Waals surface area contributed by atoms with Gasteiger partial charge in [0, 0.05) is 11.6 Å².